The molecule has 1 aliphatic carbocycles. The molecule has 0 bridgehead atoms. The fraction of sp³-hybridized carbons (Fsp3) is 0.385. The van der Waals surface area contributed by atoms with E-state index in [0.717, 1.165) is 0 Å². The molecule has 0 radical (unpaired) electrons. The molecular weight excluding hydrogens is 170 g/mol. The zero-order valence-corrected chi connectivity index (χ0v) is 8.59. The van der Waals surface area contributed by atoms with Crippen LogP contribution in [0.4, 0.5) is 0 Å². The van der Waals surface area contributed by atoms with Gasteiger partial charge >= 0.3 is 0 Å². The van der Waals surface area contributed by atoms with Gasteiger partial charge in [0.15, 0.2) is 0 Å². The predicted molar refractivity (Wildman–Crippen MR) is 58.8 cm³/mol. The molecule has 2 heterocycles. The van der Waals surface area contributed by atoms with Crippen molar-refractivity contribution < 1.29 is 0 Å². The predicted octanol–water partition coefficient (Wildman–Crippen LogP) is 3.13. The summed E-state index contributed by atoms with van der Waals surface area (Å²) in [6.07, 6.45) is 7.43. The van der Waals surface area contributed by atoms with Crippen LogP contribution in [0, 0.1) is 6.92 Å². The molecule has 0 aliphatic heterocycles. The summed E-state index contributed by atoms with van der Waals surface area (Å²) < 4.78 is 2.31. The second-order valence-corrected chi connectivity index (χ2v) is 4.26. The summed E-state index contributed by atoms with van der Waals surface area (Å²) in [5, 5.41) is 0. The zero-order chi connectivity index (χ0) is 9.54. The smallest absolute Gasteiger partial charge is 0.0487 e. The zero-order valence-electron chi connectivity index (χ0n) is 8.59. The van der Waals surface area contributed by atoms with Crippen LogP contribution in [0.5, 0.6) is 0 Å². The van der Waals surface area contributed by atoms with Crippen LogP contribution in [0.25, 0.3) is 5.52 Å². The van der Waals surface area contributed by atoms with Gasteiger partial charge in [-0.05, 0) is 61.9 Å². The number of rotatable bonds is 0. The fourth-order valence-corrected chi connectivity index (χ4v) is 2.64. The molecule has 0 N–H and O–H groups in total. The third-order valence-electron chi connectivity index (χ3n) is 3.33. The quantitative estimate of drug-likeness (QED) is 0.594. The van der Waals surface area contributed by atoms with Crippen molar-refractivity contribution in [1.82, 2.24) is 4.40 Å². The fourth-order valence-electron chi connectivity index (χ4n) is 2.64. The molecule has 0 atom stereocenters. The van der Waals surface area contributed by atoms with Crippen LogP contribution < -0.4 is 0 Å². The van der Waals surface area contributed by atoms with Crippen LogP contribution in [0.3, 0.4) is 0 Å². The van der Waals surface area contributed by atoms with Gasteiger partial charge in [-0.25, -0.2) is 0 Å². The molecule has 1 aliphatic rings. The van der Waals surface area contributed by atoms with Crippen molar-refractivity contribution >= 4 is 5.52 Å². The van der Waals surface area contributed by atoms with E-state index in [1.54, 1.807) is 11.1 Å². The van der Waals surface area contributed by atoms with Gasteiger partial charge in [0.1, 0.15) is 0 Å². The second-order valence-electron chi connectivity index (χ2n) is 4.26. The molecular formula is C13H15N. The maximum Gasteiger partial charge on any atom is 0.0487 e. The number of fused-ring (bicyclic) bond motifs is 3. The molecule has 0 saturated heterocycles. The first-order valence-electron chi connectivity index (χ1n) is 5.45. The average molecular weight is 185 g/mol. The number of aryl methyl sites for hydroxylation is 3. The van der Waals surface area contributed by atoms with E-state index in [-0.39, 0.29) is 0 Å². The summed E-state index contributed by atoms with van der Waals surface area (Å²) in [6, 6.07) is 6.76. The Morgan fingerprint density at radius 1 is 1.21 bits per heavy atom. The maximum absolute atomic E-state index is 2.36. The molecule has 0 saturated carbocycles. The highest BCUT2D eigenvalue weighted by atomic mass is 14.9. The lowest BCUT2D eigenvalue weighted by molar-refractivity contribution is 0.684. The van der Waals surface area contributed by atoms with Gasteiger partial charge in [0, 0.05) is 17.4 Å². The third-order valence-corrected chi connectivity index (χ3v) is 3.33. The molecule has 72 valence electrons. The molecule has 1 heteroatoms. The number of aromatic nitrogens is 1. The summed E-state index contributed by atoms with van der Waals surface area (Å²) >= 11 is 0. The Morgan fingerprint density at radius 2 is 2.07 bits per heavy atom. The Hall–Kier alpha value is -1.24. The van der Waals surface area contributed by atoms with Crippen LogP contribution in [0.2, 0.25) is 0 Å². The van der Waals surface area contributed by atoms with Crippen molar-refractivity contribution in [2.24, 2.45) is 0 Å². The number of pyridine rings is 1. The van der Waals surface area contributed by atoms with Gasteiger partial charge in [0.2, 0.25) is 0 Å². The van der Waals surface area contributed by atoms with E-state index in [0.29, 0.717) is 0 Å². The molecule has 0 spiro atoms. The molecule has 0 unspecified atom stereocenters. The van der Waals surface area contributed by atoms with Crippen molar-refractivity contribution in [3.63, 3.8) is 0 Å². The third kappa shape index (κ3) is 1.02. The minimum atomic E-state index is 1.27. The van der Waals surface area contributed by atoms with Gasteiger partial charge in [-0.2, -0.15) is 0 Å². The number of nitrogens with zero attached hydrogens (tertiary/aromatic N) is 1. The molecule has 0 fully saturated rings. The van der Waals surface area contributed by atoms with Crippen LogP contribution in [0.15, 0.2) is 24.4 Å². The van der Waals surface area contributed by atoms with Crippen LogP contribution in [0.1, 0.15) is 29.7 Å². The average Bonchev–Trinajstić information content (AvgIpc) is 2.67. The van der Waals surface area contributed by atoms with Crippen molar-refractivity contribution in [2.45, 2.75) is 32.6 Å². The lowest BCUT2D eigenvalue weighted by atomic mass is 9.91. The summed E-state index contributed by atoms with van der Waals surface area (Å²) in [5.41, 5.74) is 5.97. The SMILES string of the molecule is Cc1cc2c(c3cccn13)CCCC2. The molecule has 0 aromatic carbocycles. The van der Waals surface area contributed by atoms with Crippen molar-refractivity contribution in [3.05, 3.63) is 41.2 Å². The van der Waals surface area contributed by atoms with Gasteiger partial charge in [-0.3, -0.25) is 0 Å². The van der Waals surface area contributed by atoms with Gasteiger partial charge in [-0.1, -0.05) is 0 Å². The Bertz CT molecular complexity index is 479. The van der Waals surface area contributed by atoms with Crippen LogP contribution in [-0.2, 0) is 12.8 Å². The molecule has 14 heavy (non-hydrogen) atoms. The molecule has 3 rings (SSSR count). The summed E-state index contributed by atoms with van der Waals surface area (Å²) in [5.74, 6) is 0. The van der Waals surface area contributed by atoms with Crippen molar-refractivity contribution in [1.29, 1.82) is 0 Å². The lowest BCUT2D eigenvalue weighted by Crippen LogP contribution is -2.06. The van der Waals surface area contributed by atoms with Crippen molar-refractivity contribution in [2.75, 3.05) is 0 Å². The first-order chi connectivity index (χ1) is 6.86. The highest BCUT2D eigenvalue weighted by molar-refractivity contribution is 5.60. The summed E-state index contributed by atoms with van der Waals surface area (Å²) in [4.78, 5) is 0. The molecule has 2 aromatic rings. The Labute approximate surface area is 84.4 Å². The summed E-state index contributed by atoms with van der Waals surface area (Å²) in [6.45, 7) is 2.20. The topological polar surface area (TPSA) is 4.41 Å². The van der Waals surface area contributed by atoms with Gasteiger partial charge in [-0.15, -0.1) is 0 Å². The second kappa shape index (κ2) is 2.88. The van der Waals surface area contributed by atoms with Crippen molar-refractivity contribution in [3.8, 4) is 0 Å². The highest BCUT2D eigenvalue weighted by Crippen LogP contribution is 2.26. The van der Waals surface area contributed by atoms with Crippen LogP contribution in [-0.4, -0.2) is 4.40 Å². The maximum atomic E-state index is 2.36. The van der Waals surface area contributed by atoms with Crippen LogP contribution >= 0.6 is 0 Å². The van der Waals surface area contributed by atoms with E-state index >= 15 is 0 Å². The standard InChI is InChI=1S/C13H15N/c1-10-9-11-5-2-3-6-12(11)13-7-4-8-14(10)13/h4,7-9H,2-3,5-6H2,1H3. The van der Waals surface area contributed by atoms with E-state index in [1.165, 1.54) is 36.9 Å². The first kappa shape index (κ1) is 8.10. The minimum absolute atomic E-state index is 1.27. The van der Waals surface area contributed by atoms with E-state index in [2.05, 4.69) is 35.7 Å². The molecule has 0 amide bonds. The van der Waals surface area contributed by atoms with E-state index in [1.807, 2.05) is 0 Å². The van der Waals surface area contributed by atoms with E-state index in [4.69, 9.17) is 0 Å². The monoisotopic (exact) mass is 185 g/mol. The number of hydrogen-bond donors (Lipinski definition) is 0. The minimum Gasteiger partial charge on any atom is -0.321 e. The lowest BCUT2D eigenvalue weighted by Gasteiger charge is -2.18. The molecule has 2 aromatic heterocycles. The molecule has 1 nitrogen and oxygen atoms in total. The van der Waals surface area contributed by atoms with Gasteiger partial charge in [0.25, 0.3) is 0 Å². The Kier molecular flexibility index (Phi) is 1.66. The van der Waals surface area contributed by atoms with E-state index < -0.39 is 0 Å². The normalized spacial score (nSPS) is 15.8. The largest absolute Gasteiger partial charge is 0.321 e. The highest BCUT2D eigenvalue weighted by Gasteiger charge is 2.13. The Morgan fingerprint density at radius 3 is 3.00 bits per heavy atom. The van der Waals surface area contributed by atoms with Gasteiger partial charge in [0.05, 0.1) is 0 Å². The van der Waals surface area contributed by atoms with Gasteiger partial charge < -0.3 is 4.40 Å². The number of hydrogen-bond acceptors (Lipinski definition) is 0. The van der Waals surface area contributed by atoms with E-state index in [9.17, 15) is 0 Å². The Balaban J connectivity index is 2.38. The summed E-state index contributed by atoms with van der Waals surface area (Å²) in [7, 11) is 0. The first-order valence-corrected chi connectivity index (χ1v) is 5.45.